The average molecular weight is 334 g/mol. The summed E-state index contributed by atoms with van der Waals surface area (Å²) in [7, 11) is 0. The highest BCUT2D eigenvalue weighted by Gasteiger charge is 2.13. The third kappa shape index (κ3) is 3.94. The lowest BCUT2D eigenvalue weighted by atomic mass is 10.0. The van der Waals surface area contributed by atoms with Gasteiger partial charge in [0.05, 0.1) is 16.8 Å². The maximum Gasteiger partial charge on any atom is 0.252 e. The summed E-state index contributed by atoms with van der Waals surface area (Å²) in [5.74, 6) is -0.0755. The zero-order valence-corrected chi connectivity index (χ0v) is 14.8. The number of benzene rings is 1. The van der Waals surface area contributed by atoms with Gasteiger partial charge in [0.25, 0.3) is 5.91 Å². The van der Waals surface area contributed by atoms with Gasteiger partial charge in [-0.3, -0.25) is 14.8 Å². The molecule has 3 aromatic rings. The van der Waals surface area contributed by atoms with Crippen LogP contribution in [0.1, 0.15) is 27.2 Å². The van der Waals surface area contributed by atoms with Crippen molar-refractivity contribution >= 4 is 22.5 Å². The van der Waals surface area contributed by atoms with E-state index >= 15 is 0 Å². The smallest absolute Gasteiger partial charge is 0.252 e. The van der Waals surface area contributed by atoms with E-state index in [0.717, 1.165) is 33.4 Å². The van der Waals surface area contributed by atoms with E-state index in [1.54, 1.807) is 12.4 Å². The molecular weight excluding hydrogens is 312 g/mol. The number of pyridine rings is 2. The van der Waals surface area contributed by atoms with Crippen LogP contribution in [0.4, 0.5) is 5.69 Å². The van der Waals surface area contributed by atoms with Crippen molar-refractivity contribution in [2.24, 2.45) is 0 Å². The molecule has 5 heteroatoms. The van der Waals surface area contributed by atoms with Gasteiger partial charge >= 0.3 is 0 Å². The van der Waals surface area contributed by atoms with Gasteiger partial charge in [-0.05, 0) is 50.6 Å². The van der Waals surface area contributed by atoms with Crippen molar-refractivity contribution < 1.29 is 4.79 Å². The molecule has 1 aromatic carbocycles. The first-order valence-corrected chi connectivity index (χ1v) is 8.35. The minimum atomic E-state index is -0.0755. The van der Waals surface area contributed by atoms with Gasteiger partial charge in [-0.15, -0.1) is 0 Å². The molecule has 0 radical (unpaired) electrons. The molecule has 0 aliphatic carbocycles. The Balaban J connectivity index is 1.73. The number of rotatable bonds is 5. The molecule has 0 atom stereocenters. The number of hydrogen-bond donors (Lipinski definition) is 2. The fraction of sp³-hybridized carbons (Fsp3) is 0.250. The van der Waals surface area contributed by atoms with Crippen LogP contribution in [-0.4, -0.2) is 29.0 Å². The van der Waals surface area contributed by atoms with Crippen LogP contribution in [0.25, 0.3) is 10.9 Å². The fourth-order valence-electron chi connectivity index (χ4n) is 2.94. The molecule has 0 saturated carbocycles. The number of fused-ring (bicyclic) bond motifs is 1. The van der Waals surface area contributed by atoms with Crippen molar-refractivity contribution in [1.29, 1.82) is 0 Å². The van der Waals surface area contributed by atoms with Crippen molar-refractivity contribution in [3.05, 3.63) is 65.1 Å². The van der Waals surface area contributed by atoms with Gasteiger partial charge in [0, 0.05) is 36.6 Å². The van der Waals surface area contributed by atoms with Crippen LogP contribution in [0.15, 0.2) is 42.7 Å². The number of hydrogen-bond acceptors (Lipinski definition) is 4. The number of anilines is 1. The van der Waals surface area contributed by atoms with Crippen LogP contribution in [0.5, 0.6) is 0 Å². The number of aromatic nitrogens is 2. The van der Waals surface area contributed by atoms with E-state index < -0.39 is 0 Å². The molecule has 5 nitrogen and oxygen atoms in total. The van der Waals surface area contributed by atoms with Crippen molar-refractivity contribution in [1.82, 2.24) is 15.3 Å². The highest BCUT2D eigenvalue weighted by Crippen LogP contribution is 2.23. The highest BCUT2D eigenvalue weighted by atomic mass is 16.1. The largest absolute Gasteiger partial charge is 0.382 e. The first-order valence-electron chi connectivity index (χ1n) is 8.35. The van der Waals surface area contributed by atoms with Gasteiger partial charge in [-0.1, -0.05) is 11.6 Å². The standard InChI is InChI=1S/C20H22N4O/c1-13-9-14(2)19-17(10-13)18(11-15(3)24-19)20(25)23-8-7-22-16-5-4-6-21-12-16/h4-6,9-12,22H,7-8H2,1-3H3,(H,23,25). The lowest BCUT2D eigenvalue weighted by Gasteiger charge is -2.12. The molecular formula is C20H22N4O. The van der Waals surface area contributed by atoms with E-state index in [-0.39, 0.29) is 5.91 Å². The van der Waals surface area contributed by atoms with Crippen molar-refractivity contribution in [2.75, 3.05) is 18.4 Å². The molecule has 0 fully saturated rings. The van der Waals surface area contributed by atoms with Gasteiger partial charge in [-0.2, -0.15) is 0 Å². The molecule has 25 heavy (non-hydrogen) atoms. The average Bonchev–Trinajstić information content (AvgIpc) is 2.59. The van der Waals surface area contributed by atoms with E-state index in [1.165, 1.54) is 0 Å². The number of carbonyl (C=O) groups is 1. The highest BCUT2D eigenvalue weighted by molar-refractivity contribution is 6.07. The topological polar surface area (TPSA) is 66.9 Å². The predicted molar refractivity (Wildman–Crippen MR) is 101 cm³/mol. The number of nitrogens with one attached hydrogen (secondary N) is 2. The minimum Gasteiger partial charge on any atom is -0.382 e. The lowest BCUT2D eigenvalue weighted by Crippen LogP contribution is -2.29. The SMILES string of the molecule is Cc1cc(C)c2nc(C)cc(C(=O)NCCNc3cccnc3)c2c1. The van der Waals surface area contributed by atoms with Crippen molar-refractivity contribution in [3.63, 3.8) is 0 Å². The molecule has 0 bridgehead atoms. The van der Waals surface area contributed by atoms with Crippen LogP contribution < -0.4 is 10.6 Å². The monoisotopic (exact) mass is 334 g/mol. The van der Waals surface area contributed by atoms with Crippen molar-refractivity contribution in [2.45, 2.75) is 20.8 Å². The Morgan fingerprint density at radius 2 is 1.96 bits per heavy atom. The van der Waals surface area contributed by atoms with Crippen LogP contribution >= 0.6 is 0 Å². The second-order valence-corrected chi connectivity index (χ2v) is 6.21. The summed E-state index contributed by atoms with van der Waals surface area (Å²) in [5, 5.41) is 7.11. The first kappa shape index (κ1) is 16.9. The van der Waals surface area contributed by atoms with E-state index in [0.29, 0.717) is 18.7 Å². The number of aryl methyl sites for hydroxylation is 3. The zero-order valence-electron chi connectivity index (χ0n) is 14.8. The first-order chi connectivity index (χ1) is 12.0. The summed E-state index contributed by atoms with van der Waals surface area (Å²) in [6.45, 7) is 7.14. The lowest BCUT2D eigenvalue weighted by molar-refractivity contribution is 0.0956. The summed E-state index contributed by atoms with van der Waals surface area (Å²) in [6, 6.07) is 9.79. The Kier molecular flexibility index (Phi) is 4.93. The Bertz CT molecular complexity index is 906. The predicted octanol–water partition coefficient (Wildman–Crippen LogP) is 3.40. The Morgan fingerprint density at radius 1 is 1.12 bits per heavy atom. The maximum absolute atomic E-state index is 12.7. The molecule has 128 valence electrons. The molecule has 0 aliphatic heterocycles. The summed E-state index contributed by atoms with van der Waals surface area (Å²) in [5.41, 5.74) is 5.57. The van der Waals surface area contributed by atoms with Crippen LogP contribution in [0.2, 0.25) is 0 Å². The molecule has 3 rings (SSSR count). The van der Waals surface area contributed by atoms with Crippen LogP contribution in [0, 0.1) is 20.8 Å². The second kappa shape index (κ2) is 7.30. The minimum absolute atomic E-state index is 0.0755. The van der Waals surface area contributed by atoms with Crippen LogP contribution in [-0.2, 0) is 0 Å². The number of nitrogens with zero attached hydrogens (tertiary/aromatic N) is 2. The molecule has 0 unspecified atom stereocenters. The molecule has 0 saturated heterocycles. The van der Waals surface area contributed by atoms with E-state index in [1.807, 2.05) is 45.0 Å². The second-order valence-electron chi connectivity index (χ2n) is 6.21. The third-order valence-electron chi connectivity index (χ3n) is 4.02. The number of carbonyl (C=O) groups excluding carboxylic acids is 1. The summed E-state index contributed by atoms with van der Waals surface area (Å²) < 4.78 is 0. The van der Waals surface area contributed by atoms with Gasteiger partial charge in [0.15, 0.2) is 0 Å². The molecule has 0 aliphatic rings. The zero-order chi connectivity index (χ0) is 17.8. The fourth-order valence-corrected chi connectivity index (χ4v) is 2.94. The molecule has 0 spiro atoms. The van der Waals surface area contributed by atoms with Gasteiger partial charge in [-0.25, -0.2) is 0 Å². The van der Waals surface area contributed by atoms with Gasteiger partial charge < -0.3 is 10.6 Å². The van der Waals surface area contributed by atoms with Crippen molar-refractivity contribution in [3.8, 4) is 0 Å². The molecule has 2 heterocycles. The summed E-state index contributed by atoms with van der Waals surface area (Å²) >= 11 is 0. The third-order valence-corrected chi connectivity index (χ3v) is 4.02. The van der Waals surface area contributed by atoms with E-state index in [4.69, 9.17) is 0 Å². The Labute approximate surface area is 147 Å². The maximum atomic E-state index is 12.7. The summed E-state index contributed by atoms with van der Waals surface area (Å²) in [4.78, 5) is 21.3. The van der Waals surface area contributed by atoms with Gasteiger partial charge in [0.2, 0.25) is 0 Å². The summed E-state index contributed by atoms with van der Waals surface area (Å²) in [6.07, 6.45) is 3.49. The Morgan fingerprint density at radius 3 is 2.72 bits per heavy atom. The normalized spacial score (nSPS) is 10.7. The van der Waals surface area contributed by atoms with Gasteiger partial charge in [0.1, 0.15) is 0 Å². The number of amides is 1. The quantitative estimate of drug-likeness (QED) is 0.702. The molecule has 2 aromatic heterocycles. The van der Waals surface area contributed by atoms with Crippen LogP contribution in [0.3, 0.4) is 0 Å². The molecule has 2 N–H and O–H groups in total. The van der Waals surface area contributed by atoms with E-state index in [2.05, 4.69) is 26.7 Å². The van der Waals surface area contributed by atoms with E-state index in [9.17, 15) is 4.79 Å². The Hall–Kier alpha value is -2.95. The molecule has 1 amide bonds.